The summed E-state index contributed by atoms with van der Waals surface area (Å²) in [6, 6.07) is 0. The number of guanidine groups is 1. The predicted octanol–water partition coefficient (Wildman–Crippen LogP) is 0.778. The molecule has 136 valence electrons. The van der Waals surface area contributed by atoms with Gasteiger partial charge in [-0.1, -0.05) is 0 Å². The summed E-state index contributed by atoms with van der Waals surface area (Å²) in [6.45, 7) is 6.64. The Hall–Kier alpha value is -0.940. The first-order chi connectivity index (χ1) is 11.3. The van der Waals surface area contributed by atoms with Crippen LogP contribution in [-0.4, -0.2) is 70.7 Å². The minimum atomic E-state index is 0. The van der Waals surface area contributed by atoms with E-state index in [-0.39, 0.29) is 36.2 Å². The molecule has 3 heterocycles. The molecule has 0 amide bonds. The van der Waals surface area contributed by atoms with Gasteiger partial charge in [0.25, 0.3) is 0 Å². The highest BCUT2D eigenvalue weighted by molar-refractivity contribution is 14.0. The van der Waals surface area contributed by atoms with E-state index in [4.69, 9.17) is 14.5 Å². The Bertz CT molecular complexity index is 532. The second-order valence-corrected chi connectivity index (χ2v) is 5.88. The fourth-order valence-electron chi connectivity index (χ4n) is 3.02. The van der Waals surface area contributed by atoms with Crippen molar-refractivity contribution in [2.45, 2.75) is 38.5 Å². The van der Waals surface area contributed by atoms with Crippen molar-refractivity contribution in [1.82, 2.24) is 25.0 Å². The van der Waals surface area contributed by atoms with E-state index in [2.05, 4.69) is 27.2 Å². The zero-order valence-electron chi connectivity index (χ0n) is 14.3. The topological polar surface area (TPSA) is 76.8 Å². The van der Waals surface area contributed by atoms with Gasteiger partial charge in [-0.05, 0) is 19.8 Å². The highest BCUT2D eigenvalue weighted by Crippen LogP contribution is 2.21. The van der Waals surface area contributed by atoms with Crippen LogP contribution in [-0.2, 0) is 23.1 Å². The second kappa shape index (κ2) is 9.52. The van der Waals surface area contributed by atoms with Crippen molar-refractivity contribution in [3.63, 3.8) is 0 Å². The quantitative estimate of drug-likeness (QED) is 0.415. The first-order valence-electron chi connectivity index (χ1n) is 8.37. The molecule has 0 spiro atoms. The normalized spacial score (nSPS) is 24.8. The van der Waals surface area contributed by atoms with Crippen LogP contribution in [0.25, 0.3) is 0 Å². The molecule has 0 aromatic carbocycles. The lowest BCUT2D eigenvalue weighted by Gasteiger charge is -2.37. The van der Waals surface area contributed by atoms with Crippen LogP contribution in [0.3, 0.4) is 0 Å². The van der Waals surface area contributed by atoms with Gasteiger partial charge < -0.3 is 19.7 Å². The number of aryl methyl sites for hydroxylation is 1. The summed E-state index contributed by atoms with van der Waals surface area (Å²) in [7, 11) is 1.88. The van der Waals surface area contributed by atoms with Crippen molar-refractivity contribution in [2.24, 2.45) is 12.0 Å². The Balaban J connectivity index is 0.00000208. The lowest BCUT2D eigenvalue weighted by Crippen LogP contribution is -2.53. The minimum absolute atomic E-state index is 0. The van der Waals surface area contributed by atoms with Crippen LogP contribution >= 0.6 is 24.0 Å². The van der Waals surface area contributed by atoms with Crippen molar-refractivity contribution in [2.75, 3.05) is 32.8 Å². The summed E-state index contributed by atoms with van der Waals surface area (Å²) in [5.74, 6) is 1.76. The molecule has 0 radical (unpaired) electrons. The lowest BCUT2D eigenvalue weighted by molar-refractivity contribution is -0.0817. The van der Waals surface area contributed by atoms with E-state index in [0.29, 0.717) is 13.2 Å². The first kappa shape index (κ1) is 19.4. The maximum Gasteiger partial charge on any atom is 0.194 e. The van der Waals surface area contributed by atoms with Gasteiger partial charge in [-0.15, -0.1) is 24.0 Å². The van der Waals surface area contributed by atoms with Crippen molar-refractivity contribution >= 4 is 29.9 Å². The summed E-state index contributed by atoms with van der Waals surface area (Å²) >= 11 is 0. The first-order valence-corrected chi connectivity index (χ1v) is 8.37. The standard InChI is InChI=1S/C15H26N6O2.HI/c1-3-16-15(17-9-14-18-11-19-20(14)2)21-6-8-23-13(10-21)12-5-4-7-22-12;/h11-13H,3-10H2,1-2H3,(H,16,17);1H. The molecule has 24 heavy (non-hydrogen) atoms. The van der Waals surface area contributed by atoms with Crippen LogP contribution in [0.4, 0.5) is 0 Å². The zero-order chi connectivity index (χ0) is 16.1. The number of ether oxygens (including phenoxy) is 2. The monoisotopic (exact) mass is 450 g/mol. The Morgan fingerprint density at radius 1 is 1.38 bits per heavy atom. The van der Waals surface area contributed by atoms with E-state index < -0.39 is 0 Å². The van der Waals surface area contributed by atoms with E-state index in [1.54, 1.807) is 11.0 Å². The van der Waals surface area contributed by atoms with Gasteiger partial charge in [-0.25, -0.2) is 9.98 Å². The Kier molecular flexibility index (Phi) is 7.69. The average molecular weight is 450 g/mol. The largest absolute Gasteiger partial charge is 0.375 e. The van der Waals surface area contributed by atoms with Crippen molar-refractivity contribution in [3.05, 3.63) is 12.2 Å². The third-order valence-electron chi connectivity index (χ3n) is 4.28. The SMILES string of the molecule is CCNC(=NCc1ncnn1C)N1CCOC(C2CCCO2)C1.I. The number of rotatable bonds is 4. The number of morpholine rings is 1. The Morgan fingerprint density at radius 3 is 2.88 bits per heavy atom. The van der Waals surface area contributed by atoms with Crippen molar-refractivity contribution < 1.29 is 9.47 Å². The van der Waals surface area contributed by atoms with Gasteiger partial charge in [-0.3, -0.25) is 4.68 Å². The highest BCUT2D eigenvalue weighted by Gasteiger charge is 2.32. The van der Waals surface area contributed by atoms with E-state index in [0.717, 1.165) is 50.9 Å². The van der Waals surface area contributed by atoms with E-state index in [1.165, 1.54) is 0 Å². The highest BCUT2D eigenvalue weighted by atomic mass is 127. The fraction of sp³-hybridized carbons (Fsp3) is 0.800. The Morgan fingerprint density at radius 2 is 2.21 bits per heavy atom. The van der Waals surface area contributed by atoms with Crippen LogP contribution in [0.15, 0.2) is 11.3 Å². The molecule has 1 aromatic heterocycles. The van der Waals surface area contributed by atoms with Crippen LogP contribution in [0.1, 0.15) is 25.6 Å². The predicted molar refractivity (Wildman–Crippen MR) is 102 cm³/mol. The van der Waals surface area contributed by atoms with E-state index >= 15 is 0 Å². The number of nitrogens with one attached hydrogen (secondary N) is 1. The fourth-order valence-corrected chi connectivity index (χ4v) is 3.02. The third kappa shape index (κ3) is 4.79. The smallest absolute Gasteiger partial charge is 0.194 e. The van der Waals surface area contributed by atoms with Crippen LogP contribution in [0.2, 0.25) is 0 Å². The van der Waals surface area contributed by atoms with Crippen molar-refractivity contribution in [1.29, 1.82) is 0 Å². The van der Waals surface area contributed by atoms with Gasteiger partial charge in [0.1, 0.15) is 24.8 Å². The molecule has 2 aliphatic rings. The molecular weight excluding hydrogens is 423 g/mol. The molecule has 2 fully saturated rings. The van der Waals surface area contributed by atoms with Crippen molar-refractivity contribution in [3.8, 4) is 0 Å². The summed E-state index contributed by atoms with van der Waals surface area (Å²) in [6.07, 6.45) is 4.13. The lowest BCUT2D eigenvalue weighted by atomic mass is 10.1. The van der Waals surface area contributed by atoms with Gasteiger partial charge >= 0.3 is 0 Å². The number of hydrogen-bond acceptors (Lipinski definition) is 5. The van der Waals surface area contributed by atoms with Gasteiger partial charge in [0.05, 0.1) is 12.7 Å². The molecule has 2 atom stereocenters. The third-order valence-corrected chi connectivity index (χ3v) is 4.28. The zero-order valence-corrected chi connectivity index (χ0v) is 16.7. The molecule has 2 saturated heterocycles. The Labute approximate surface area is 160 Å². The maximum atomic E-state index is 5.91. The molecule has 0 bridgehead atoms. The summed E-state index contributed by atoms with van der Waals surface area (Å²) in [4.78, 5) is 11.2. The minimum Gasteiger partial charge on any atom is -0.375 e. The molecule has 2 unspecified atom stereocenters. The summed E-state index contributed by atoms with van der Waals surface area (Å²) in [5, 5.41) is 7.45. The molecule has 1 aromatic rings. The molecule has 2 aliphatic heterocycles. The molecule has 0 saturated carbocycles. The van der Waals surface area contributed by atoms with Gasteiger partial charge in [-0.2, -0.15) is 5.10 Å². The van der Waals surface area contributed by atoms with E-state index in [1.807, 2.05) is 7.05 Å². The number of aromatic nitrogens is 3. The molecular formula is C15H27IN6O2. The molecule has 8 nitrogen and oxygen atoms in total. The van der Waals surface area contributed by atoms with Crippen LogP contribution in [0, 0.1) is 0 Å². The summed E-state index contributed by atoms with van der Waals surface area (Å²) < 4.78 is 13.4. The maximum absolute atomic E-state index is 5.91. The summed E-state index contributed by atoms with van der Waals surface area (Å²) in [5.41, 5.74) is 0. The van der Waals surface area contributed by atoms with Gasteiger partial charge in [0.15, 0.2) is 5.96 Å². The molecule has 9 heteroatoms. The number of aliphatic imine (C=N–C) groups is 1. The van der Waals surface area contributed by atoms with E-state index in [9.17, 15) is 0 Å². The number of nitrogens with zero attached hydrogens (tertiary/aromatic N) is 5. The number of halogens is 1. The molecule has 1 N–H and O–H groups in total. The van der Waals surface area contributed by atoms with Crippen LogP contribution < -0.4 is 5.32 Å². The van der Waals surface area contributed by atoms with Gasteiger partial charge in [0.2, 0.25) is 0 Å². The molecule has 0 aliphatic carbocycles. The van der Waals surface area contributed by atoms with Gasteiger partial charge in [0, 0.05) is 33.3 Å². The van der Waals surface area contributed by atoms with Crippen LogP contribution in [0.5, 0.6) is 0 Å². The molecule has 3 rings (SSSR count). The number of hydrogen-bond donors (Lipinski definition) is 1. The average Bonchev–Trinajstić information content (AvgIpc) is 3.23. The second-order valence-electron chi connectivity index (χ2n) is 5.88.